The lowest BCUT2D eigenvalue weighted by Gasteiger charge is -2.54. The molecule has 0 saturated heterocycles. The maximum Gasteiger partial charge on any atom is 0.257 e. The van der Waals surface area contributed by atoms with Crippen LogP contribution in [0.5, 0.6) is 0 Å². The highest BCUT2D eigenvalue weighted by molar-refractivity contribution is 5.99. The number of nitrogens with zero attached hydrogens (tertiary/aromatic N) is 3. The van der Waals surface area contributed by atoms with E-state index in [0.717, 1.165) is 23.2 Å². The molecule has 6 nitrogen and oxygen atoms in total. The zero-order valence-electron chi connectivity index (χ0n) is 15.4. The molecule has 2 aromatic rings. The maximum atomic E-state index is 13.1. The van der Waals surface area contributed by atoms with E-state index in [1.807, 2.05) is 13.0 Å². The molecule has 0 spiro atoms. The Balaban J connectivity index is 1.42. The highest BCUT2D eigenvalue weighted by Gasteiger charge is 2.48. The Morgan fingerprint density at radius 2 is 1.92 bits per heavy atom. The van der Waals surface area contributed by atoms with E-state index in [-0.39, 0.29) is 5.91 Å². The van der Waals surface area contributed by atoms with Crippen LogP contribution >= 0.6 is 0 Å². The van der Waals surface area contributed by atoms with E-state index in [0.29, 0.717) is 35.7 Å². The van der Waals surface area contributed by atoms with Crippen molar-refractivity contribution in [3.05, 3.63) is 29.2 Å². The highest BCUT2D eigenvalue weighted by atomic mass is 16.5. The van der Waals surface area contributed by atoms with Gasteiger partial charge in [-0.3, -0.25) is 4.79 Å². The molecule has 0 atom stereocenters. The minimum Gasteiger partial charge on any atom is -0.378 e. The third kappa shape index (κ3) is 2.54. The van der Waals surface area contributed by atoms with Gasteiger partial charge in [-0.1, -0.05) is 0 Å². The first-order valence-corrected chi connectivity index (χ1v) is 9.76. The summed E-state index contributed by atoms with van der Waals surface area (Å²) in [6, 6.07) is 2.27. The van der Waals surface area contributed by atoms with Crippen molar-refractivity contribution in [1.82, 2.24) is 19.9 Å². The molecule has 6 heteroatoms. The lowest BCUT2D eigenvalue weighted by molar-refractivity contribution is -0.0119. The second-order valence-electron chi connectivity index (χ2n) is 8.55. The Hall–Kier alpha value is -1.95. The predicted molar refractivity (Wildman–Crippen MR) is 96.7 cm³/mol. The Labute approximate surface area is 153 Å². The molecule has 0 unspecified atom stereocenters. The van der Waals surface area contributed by atoms with Crippen molar-refractivity contribution < 1.29 is 9.53 Å². The van der Waals surface area contributed by atoms with Gasteiger partial charge in [-0.15, -0.1) is 0 Å². The van der Waals surface area contributed by atoms with E-state index < -0.39 is 0 Å². The topological polar surface area (TPSA) is 68.5 Å². The fourth-order valence-corrected chi connectivity index (χ4v) is 5.96. The van der Waals surface area contributed by atoms with Crippen LogP contribution in [-0.2, 0) is 11.3 Å². The number of carbonyl (C=O) groups is 1. The molecule has 0 aliphatic heterocycles. The number of nitrogens with one attached hydrogen (secondary N) is 1. The molecule has 4 fully saturated rings. The molecule has 2 heterocycles. The SMILES string of the molecule is COCc1cc(C)nc2c(C(=O)NC3C4CC5CC(C4)CC3C5)cnn12. The van der Waals surface area contributed by atoms with Gasteiger partial charge in [-0.2, -0.15) is 5.10 Å². The van der Waals surface area contributed by atoms with Gasteiger partial charge >= 0.3 is 0 Å². The van der Waals surface area contributed by atoms with Gasteiger partial charge < -0.3 is 10.1 Å². The van der Waals surface area contributed by atoms with Crippen molar-refractivity contribution in [1.29, 1.82) is 0 Å². The molecule has 1 amide bonds. The van der Waals surface area contributed by atoms with E-state index in [4.69, 9.17) is 4.74 Å². The molecular formula is C20H26N4O2. The number of carbonyl (C=O) groups excluding carboxylic acids is 1. The van der Waals surface area contributed by atoms with E-state index in [1.54, 1.807) is 17.8 Å². The molecule has 4 aliphatic carbocycles. The van der Waals surface area contributed by atoms with Gasteiger partial charge in [-0.05, 0) is 68.8 Å². The summed E-state index contributed by atoms with van der Waals surface area (Å²) in [5, 5.41) is 7.76. The summed E-state index contributed by atoms with van der Waals surface area (Å²) < 4.78 is 6.98. The molecule has 2 aromatic heterocycles. The number of aryl methyl sites for hydroxylation is 1. The predicted octanol–water partition coefficient (Wildman–Crippen LogP) is 2.74. The van der Waals surface area contributed by atoms with Crippen LogP contribution in [0, 0.1) is 30.6 Å². The van der Waals surface area contributed by atoms with Gasteiger partial charge in [0.1, 0.15) is 5.56 Å². The lowest BCUT2D eigenvalue weighted by Crippen LogP contribution is -2.55. The fourth-order valence-electron chi connectivity index (χ4n) is 5.96. The van der Waals surface area contributed by atoms with E-state index in [9.17, 15) is 4.79 Å². The average molecular weight is 354 g/mol. The first-order valence-electron chi connectivity index (χ1n) is 9.76. The zero-order chi connectivity index (χ0) is 17.8. The van der Waals surface area contributed by atoms with Crippen LogP contribution in [0.4, 0.5) is 0 Å². The third-order valence-corrected chi connectivity index (χ3v) is 6.73. The molecular weight excluding hydrogens is 328 g/mol. The largest absolute Gasteiger partial charge is 0.378 e. The number of aromatic nitrogens is 3. The molecule has 4 saturated carbocycles. The number of rotatable bonds is 4. The Morgan fingerprint density at radius 3 is 2.58 bits per heavy atom. The second kappa shape index (κ2) is 6.05. The average Bonchev–Trinajstić information content (AvgIpc) is 3.01. The molecule has 1 N–H and O–H groups in total. The number of fused-ring (bicyclic) bond motifs is 1. The summed E-state index contributed by atoms with van der Waals surface area (Å²) in [5.74, 6) is 3.11. The Morgan fingerprint density at radius 1 is 1.23 bits per heavy atom. The van der Waals surface area contributed by atoms with Crippen LogP contribution in [0.1, 0.15) is 53.8 Å². The zero-order valence-corrected chi connectivity index (χ0v) is 15.4. The molecule has 4 aliphatic rings. The van der Waals surface area contributed by atoms with Gasteiger partial charge in [-0.25, -0.2) is 9.50 Å². The quantitative estimate of drug-likeness (QED) is 0.917. The van der Waals surface area contributed by atoms with Crippen LogP contribution in [0.25, 0.3) is 5.65 Å². The minimum atomic E-state index is -0.0288. The van der Waals surface area contributed by atoms with Crippen LogP contribution in [0.3, 0.4) is 0 Å². The molecule has 0 radical (unpaired) electrons. The molecule has 6 rings (SSSR count). The standard InChI is InChI=1S/C20H26N4O2/c1-11-3-16(10-26-2)24-19(22-11)17(9-21-24)20(25)23-18-14-5-12-4-13(7-14)8-15(18)6-12/h3,9,12-15,18H,4-8,10H2,1-2H3,(H,23,25). The van der Waals surface area contributed by atoms with Crippen molar-refractivity contribution >= 4 is 11.6 Å². The van der Waals surface area contributed by atoms with E-state index >= 15 is 0 Å². The molecule has 138 valence electrons. The first kappa shape index (κ1) is 16.2. The van der Waals surface area contributed by atoms with Gasteiger partial charge in [0.2, 0.25) is 0 Å². The number of ether oxygens (including phenoxy) is 1. The second-order valence-corrected chi connectivity index (χ2v) is 8.55. The van der Waals surface area contributed by atoms with Crippen LogP contribution < -0.4 is 5.32 Å². The van der Waals surface area contributed by atoms with Gasteiger partial charge in [0.15, 0.2) is 5.65 Å². The van der Waals surface area contributed by atoms with Gasteiger partial charge in [0.05, 0.1) is 18.5 Å². The van der Waals surface area contributed by atoms with Crippen molar-refractivity contribution in [2.75, 3.05) is 7.11 Å². The Bertz CT molecular complexity index is 831. The monoisotopic (exact) mass is 354 g/mol. The number of methoxy groups -OCH3 is 1. The van der Waals surface area contributed by atoms with Crippen LogP contribution in [0.2, 0.25) is 0 Å². The summed E-state index contributed by atoms with van der Waals surface area (Å²) >= 11 is 0. The van der Waals surface area contributed by atoms with Crippen molar-refractivity contribution in [3.8, 4) is 0 Å². The normalized spacial score (nSPS) is 32.3. The van der Waals surface area contributed by atoms with Crippen molar-refractivity contribution in [3.63, 3.8) is 0 Å². The number of hydrogen-bond donors (Lipinski definition) is 1. The molecule has 0 aromatic carbocycles. The van der Waals surface area contributed by atoms with Crippen LogP contribution in [-0.4, -0.2) is 33.7 Å². The third-order valence-electron chi connectivity index (χ3n) is 6.73. The minimum absolute atomic E-state index is 0.0288. The summed E-state index contributed by atoms with van der Waals surface area (Å²) in [4.78, 5) is 17.6. The highest BCUT2D eigenvalue weighted by Crippen LogP contribution is 2.53. The first-order chi connectivity index (χ1) is 12.6. The lowest BCUT2D eigenvalue weighted by atomic mass is 9.54. The maximum absolute atomic E-state index is 13.1. The van der Waals surface area contributed by atoms with Crippen LogP contribution in [0.15, 0.2) is 12.3 Å². The number of amides is 1. The van der Waals surface area contributed by atoms with Crippen molar-refractivity contribution in [2.24, 2.45) is 23.7 Å². The summed E-state index contributed by atoms with van der Waals surface area (Å²) in [6.07, 6.45) is 8.24. The summed E-state index contributed by atoms with van der Waals surface area (Å²) in [5.41, 5.74) is 2.97. The summed E-state index contributed by atoms with van der Waals surface area (Å²) in [7, 11) is 1.66. The molecule has 4 bridgehead atoms. The summed E-state index contributed by atoms with van der Waals surface area (Å²) in [6.45, 7) is 2.38. The Kier molecular flexibility index (Phi) is 3.78. The van der Waals surface area contributed by atoms with E-state index in [1.165, 1.54) is 32.1 Å². The molecule has 26 heavy (non-hydrogen) atoms. The smallest absolute Gasteiger partial charge is 0.257 e. The van der Waals surface area contributed by atoms with E-state index in [2.05, 4.69) is 15.4 Å². The fraction of sp³-hybridized carbons (Fsp3) is 0.650. The van der Waals surface area contributed by atoms with Crippen molar-refractivity contribution in [2.45, 2.75) is 51.7 Å². The van der Waals surface area contributed by atoms with Gasteiger partial charge in [0.25, 0.3) is 5.91 Å². The van der Waals surface area contributed by atoms with Gasteiger partial charge in [0, 0.05) is 18.8 Å². The number of hydrogen-bond acceptors (Lipinski definition) is 4.